The Morgan fingerprint density at radius 2 is 2.00 bits per heavy atom. The molecule has 0 aromatic carbocycles. The summed E-state index contributed by atoms with van der Waals surface area (Å²) in [7, 11) is 0. The average molecular weight is 266 g/mol. The topological polar surface area (TPSA) is 69.6 Å². The first-order valence-electron chi connectivity index (χ1n) is 7.39. The number of carbonyl (C=O) groups is 2. The predicted molar refractivity (Wildman–Crippen MR) is 69.6 cm³/mol. The standard InChI is InChI=1S/C14H22N2O3/c17-12(18)8-16(7-9-4-5-9)14(19)13-11-3-1-2-10(11)6-15-13/h9-11,13,15H,1-8H2,(H,17,18). The molecule has 5 heteroatoms. The summed E-state index contributed by atoms with van der Waals surface area (Å²) in [5, 5.41) is 12.3. The molecular weight excluding hydrogens is 244 g/mol. The van der Waals surface area contributed by atoms with Gasteiger partial charge in [-0.25, -0.2) is 0 Å². The van der Waals surface area contributed by atoms with Crippen LogP contribution in [0.3, 0.4) is 0 Å². The van der Waals surface area contributed by atoms with Gasteiger partial charge in [0.15, 0.2) is 0 Å². The van der Waals surface area contributed by atoms with Gasteiger partial charge in [0, 0.05) is 6.54 Å². The van der Waals surface area contributed by atoms with Crippen molar-refractivity contribution in [3.63, 3.8) is 0 Å². The fourth-order valence-electron chi connectivity index (χ4n) is 3.66. The number of amides is 1. The highest BCUT2D eigenvalue weighted by Crippen LogP contribution is 2.38. The molecule has 3 aliphatic rings. The monoisotopic (exact) mass is 266 g/mol. The Labute approximate surface area is 113 Å². The Hall–Kier alpha value is -1.10. The third kappa shape index (κ3) is 2.76. The van der Waals surface area contributed by atoms with Crippen molar-refractivity contribution in [2.24, 2.45) is 17.8 Å². The number of fused-ring (bicyclic) bond motifs is 1. The van der Waals surface area contributed by atoms with Crippen LogP contribution in [0, 0.1) is 17.8 Å². The van der Waals surface area contributed by atoms with Crippen LogP contribution in [-0.4, -0.2) is 47.6 Å². The number of aliphatic carboxylic acids is 1. The Morgan fingerprint density at radius 1 is 1.21 bits per heavy atom. The van der Waals surface area contributed by atoms with Crippen LogP contribution in [0.1, 0.15) is 32.1 Å². The van der Waals surface area contributed by atoms with Crippen LogP contribution in [0.4, 0.5) is 0 Å². The first-order chi connectivity index (χ1) is 9.15. The zero-order valence-electron chi connectivity index (χ0n) is 11.2. The van der Waals surface area contributed by atoms with Crippen LogP contribution in [0.25, 0.3) is 0 Å². The highest BCUT2D eigenvalue weighted by molar-refractivity contribution is 5.86. The molecule has 3 unspecified atom stereocenters. The van der Waals surface area contributed by atoms with E-state index in [1.807, 2.05) is 0 Å². The smallest absolute Gasteiger partial charge is 0.323 e. The molecule has 0 spiro atoms. The second kappa shape index (κ2) is 5.12. The minimum Gasteiger partial charge on any atom is -0.480 e. The van der Waals surface area contributed by atoms with Gasteiger partial charge < -0.3 is 15.3 Å². The van der Waals surface area contributed by atoms with Crippen LogP contribution in [-0.2, 0) is 9.59 Å². The van der Waals surface area contributed by atoms with Crippen LogP contribution in [0.15, 0.2) is 0 Å². The van der Waals surface area contributed by atoms with E-state index in [-0.39, 0.29) is 18.5 Å². The zero-order chi connectivity index (χ0) is 13.4. The molecule has 2 saturated carbocycles. The molecule has 0 radical (unpaired) electrons. The largest absolute Gasteiger partial charge is 0.480 e. The molecule has 0 bridgehead atoms. The summed E-state index contributed by atoms with van der Waals surface area (Å²) in [5.74, 6) is 0.701. The van der Waals surface area contributed by atoms with E-state index in [0.29, 0.717) is 24.3 Å². The lowest BCUT2D eigenvalue weighted by atomic mass is 9.93. The number of rotatable bonds is 5. The van der Waals surface area contributed by atoms with Crippen molar-refractivity contribution in [3.8, 4) is 0 Å². The summed E-state index contributed by atoms with van der Waals surface area (Å²) in [6.07, 6.45) is 5.80. The molecule has 3 atom stereocenters. The number of nitrogens with one attached hydrogen (secondary N) is 1. The number of hydrogen-bond donors (Lipinski definition) is 2. The van der Waals surface area contributed by atoms with Crippen LogP contribution >= 0.6 is 0 Å². The first-order valence-corrected chi connectivity index (χ1v) is 7.39. The number of nitrogens with zero attached hydrogens (tertiary/aromatic N) is 1. The molecule has 2 aliphatic carbocycles. The Morgan fingerprint density at radius 3 is 2.68 bits per heavy atom. The Kier molecular flexibility index (Phi) is 3.48. The van der Waals surface area contributed by atoms with Crippen molar-refractivity contribution in [2.75, 3.05) is 19.6 Å². The van der Waals surface area contributed by atoms with Crippen LogP contribution in [0.2, 0.25) is 0 Å². The Balaban J connectivity index is 1.66. The molecule has 1 saturated heterocycles. The Bertz CT molecular complexity index is 381. The zero-order valence-corrected chi connectivity index (χ0v) is 11.2. The molecule has 19 heavy (non-hydrogen) atoms. The normalized spacial score (nSPS) is 33.2. The average Bonchev–Trinajstić information content (AvgIpc) is 2.89. The molecule has 1 heterocycles. The van der Waals surface area contributed by atoms with Gasteiger partial charge in [-0.2, -0.15) is 0 Å². The van der Waals surface area contributed by atoms with Crippen LogP contribution < -0.4 is 5.32 Å². The summed E-state index contributed by atoms with van der Waals surface area (Å²) in [6, 6.07) is -0.134. The van der Waals surface area contributed by atoms with E-state index in [1.165, 1.54) is 12.8 Å². The van der Waals surface area contributed by atoms with E-state index >= 15 is 0 Å². The molecule has 1 amide bonds. The van der Waals surface area contributed by atoms with Gasteiger partial charge >= 0.3 is 5.97 Å². The quantitative estimate of drug-likeness (QED) is 0.768. The minimum atomic E-state index is -0.907. The van der Waals surface area contributed by atoms with E-state index in [2.05, 4.69) is 5.32 Å². The van der Waals surface area contributed by atoms with Gasteiger partial charge in [-0.05, 0) is 50.0 Å². The first kappa shape index (κ1) is 12.9. The van der Waals surface area contributed by atoms with E-state index < -0.39 is 5.97 Å². The van der Waals surface area contributed by atoms with Gasteiger partial charge in [-0.3, -0.25) is 9.59 Å². The van der Waals surface area contributed by atoms with Crippen molar-refractivity contribution < 1.29 is 14.7 Å². The maximum atomic E-state index is 12.6. The van der Waals surface area contributed by atoms with Crippen molar-refractivity contribution >= 4 is 11.9 Å². The summed E-state index contributed by atoms with van der Waals surface area (Å²) >= 11 is 0. The van der Waals surface area contributed by atoms with Crippen molar-refractivity contribution in [1.29, 1.82) is 0 Å². The number of carboxylic acids is 1. The van der Waals surface area contributed by atoms with E-state index in [4.69, 9.17) is 5.11 Å². The third-order valence-electron chi connectivity index (χ3n) is 4.83. The van der Waals surface area contributed by atoms with Gasteiger partial charge in [0.25, 0.3) is 0 Å². The van der Waals surface area contributed by atoms with Gasteiger partial charge in [0.05, 0.1) is 6.04 Å². The maximum Gasteiger partial charge on any atom is 0.323 e. The van der Waals surface area contributed by atoms with Gasteiger partial charge in [-0.15, -0.1) is 0 Å². The molecule has 1 aliphatic heterocycles. The van der Waals surface area contributed by atoms with Crippen molar-refractivity contribution in [1.82, 2.24) is 10.2 Å². The molecule has 106 valence electrons. The molecule has 2 N–H and O–H groups in total. The maximum absolute atomic E-state index is 12.6. The molecule has 5 nitrogen and oxygen atoms in total. The second-order valence-corrected chi connectivity index (χ2v) is 6.30. The highest BCUT2D eigenvalue weighted by atomic mass is 16.4. The second-order valence-electron chi connectivity index (χ2n) is 6.30. The molecule has 0 aromatic rings. The fourth-order valence-corrected chi connectivity index (χ4v) is 3.66. The molecule has 0 aromatic heterocycles. The summed E-state index contributed by atoms with van der Waals surface area (Å²) < 4.78 is 0. The van der Waals surface area contributed by atoms with E-state index in [1.54, 1.807) is 4.90 Å². The number of carboxylic acid groups (broad SMARTS) is 1. The summed E-state index contributed by atoms with van der Waals surface area (Å²) in [5.41, 5.74) is 0. The van der Waals surface area contributed by atoms with E-state index in [9.17, 15) is 9.59 Å². The van der Waals surface area contributed by atoms with Gasteiger partial charge in [0.2, 0.25) is 5.91 Å². The lowest BCUT2D eigenvalue weighted by Crippen LogP contribution is -2.48. The van der Waals surface area contributed by atoms with E-state index in [0.717, 1.165) is 25.8 Å². The van der Waals surface area contributed by atoms with Crippen LogP contribution in [0.5, 0.6) is 0 Å². The lowest BCUT2D eigenvalue weighted by molar-refractivity contribution is -0.145. The molecular formula is C14H22N2O3. The van der Waals surface area contributed by atoms with Crippen molar-refractivity contribution in [3.05, 3.63) is 0 Å². The summed E-state index contributed by atoms with van der Waals surface area (Å²) in [6.45, 7) is 1.40. The summed E-state index contributed by atoms with van der Waals surface area (Å²) in [4.78, 5) is 25.1. The number of hydrogen-bond acceptors (Lipinski definition) is 3. The minimum absolute atomic E-state index is 0.0173. The third-order valence-corrected chi connectivity index (χ3v) is 4.83. The molecule has 3 fully saturated rings. The van der Waals surface area contributed by atoms with Crippen molar-refractivity contribution in [2.45, 2.75) is 38.1 Å². The lowest BCUT2D eigenvalue weighted by Gasteiger charge is -2.26. The fraction of sp³-hybridized carbons (Fsp3) is 0.857. The predicted octanol–water partition coefficient (Wildman–Crippen LogP) is 0.698. The highest BCUT2D eigenvalue weighted by Gasteiger charge is 2.44. The molecule has 3 rings (SSSR count). The SMILES string of the molecule is O=C(O)CN(CC1CC1)C(=O)C1NCC2CCCC21. The number of carbonyl (C=O) groups excluding carboxylic acids is 1. The van der Waals surface area contributed by atoms with Gasteiger partial charge in [-0.1, -0.05) is 6.42 Å². The van der Waals surface area contributed by atoms with Gasteiger partial charge in [0.1, 0.15) is 6.54 Å².